The first-order chi connectivity index (χ1) is 10.1. The van der Waals surface area contributed by atoms with E-state index in [-0.39, 0.29) is 18.1 Å². The Bertz CT molecular complexity index is 464. The van der Waals surface area contributed by atoms with Crippen molar-refractivity contribution in [2.24, 2.45) is 0 Å². The first-order valence-electron chi connectivity index (χ1n) is 7.94. The number of morpholine rings is 1. The number of amides is 1. The fourth-order valence-corrected chi connectivity index (χ4v) is 3.57. The number of H-pyrrole nitrogens is 1. The summed E-state index contributed by atoms with van der Waals surface area (Å²) < 4.78 is 5.70. The SMILES string of the molecule is CC1CN(C(=O)CN2CCCC2c2ccc[nH]2)CC(C)O1. The second kappa shape index (κ2) is 6.20. The summed E-state index contributed by atoms with van der Waals surface area (Å²) in [6.07, 6.45) is 4.52. The lowest BCUT2D eigenvalue weighted by atomic mass is 10.1. The fourth-order valence-electron chi connectivity index (χ4n) is 3.57. The molecule has 2 aliphatic heterocycles. The van der Waals surface area contributed by atoms with Crippen molar-refractivity contribution in [3.63, 3.8) is 0 Å². The highest BCUT2D eigenvalue weighted by Gasteiger charge is 2.31. The van der Waals surface area contributed by atoms with E-state index in [9.17, 15) is 4.79 Å². The number of hydrogen-bond acceptors (Lipinski definition) is 3. The molecule has 0 radical (unpaired) electrons. The Hall–Kier alpha value is -1.33. The zero-order valence-corrected chi connectivity index (χ0v) is 12.9. The summed E-state index contributed by atoms with van der Waals surface area (Å²) in [5, 5.41) is 0. The van der Waals surface area contributed by atoms with Crippen LogP contribution in [-0.2, 0) is 9.53 Å². The molecule has 5 nitrogen and oxygen atoms in total. The van der Waals surface area contributed by atoms with Crippen LogP contribution in [0.3, 0.4) is 0 Å². The number of aromatic amines is 1. The van der Waals surface area contributed by atoms with Gasteiger partial charge in [0.1, 0.15) is 0 Å². The maximum atomic E-state index is 12.6. The van der Waals surface area contributed by atoms with E-state index in [1.54, 1.807) is 0 Å². The van der Waals surface area contributed by atoms with Crippen LogP contribution in [0.15, 0.2) is 18.3 Å². The first-order valence-corrected chi connectivity index (χ1v) is 7.94. The third-order valence-corrected chi connectivity index (χ3v) is 4.46. The highest BCUT2D eigenvalue weighted by atomic mass is 16.5. The lowest BCUT2D eigenvalue weighted by Gasteiger charge is -2.36. The van der Waals surface area contributed by atoms with Gasteiger partial charge in [-0.3, -0.25) is 9.69 Å². The number of carbonyl (C=O) groups is 1. The van der Waals surface area contributed by atoms with E-state index < -0.39 is 0 Å². The van der Waals surface area contributed by atoms with E-state index >= 15 is 0 Å². The molecule has 3 heterocycles. The zero-order valence-electron chi connectivity index (χ0n) is 12.9. The van der Waals surface area contributed by atoms with Crippen LogP contribution in [0.25, 0.3) is 0 Å². The van der Waals surface area contributed by atoms with Gasteiger partial charge in [0.2, 0.25) is 5.91 Å². The summed E-state index contributed by atoms with van der Waals surface area (Å²) in [5.74, 6) is 0.232. The first kappa shape index (κ1) is 14.6. The maximum absolute atomic E-state index is 12.6. The van der Waals surface area contributed by atoms with Crippen molar-refractivity contribution in [2.45, 2.75) is 44.9 Å². The van der Waals surface area contributed by atoms with Gasteiger partial charge in [-0.15, -0.1) is 0 Å². The van der Waals surface area contributed by atoms with Gasteiger partial charge in [-0.25, -0.2) is 0 Å². The Labute approximate surface area is 126 Å². The Morgan fingerprint density at radius 2 is 2.14 bits per heavy atom. The largest absolute Gasteiger partial charge is 0.372 e. The van der Waals surface area contributed by atoms with Crippen LogP contribution in [0, 0.1) is 0 Å². The smallest absolute Gasteiger partial charge is 0.236 e. The highest BCUT2D eigenvalue weighted by Crippen LogP contribution is 2.30. The van der Waals surface area contributed by atoms with Crippen LogP contribution in [0.4, 0.5) is 0 Å². The predicted molar refractivity (Wildman–Crippen MR) is 80.9 cm³/mol. The molecule has 3 unspecified atom stereocenters. The topological polar surface area (TPSA) is 48.6 Å². The lowest BCUT2D eigenvalue weighted by Crippen LogP contribution is -2.51. The van der Waals surface area contributed by atoms with Gasteiger partial charge in [-0.05, 0) is 45.4 Å². The minimum atomic E-state index is 0.135. The molecule has 1 aromatic rings. The van der Waals surface area contributed by atoms with Crippen molar-refractivity contribution in [2.75, 3.05) is 26.2 Å². The standard InChI is InChI=1S/C16H25N3O2/c1-12-9-19(10-13(2)21-12)16(20)11-18-8-4-6-15(18)14-5-3-7-17-14/h3,5,7,12-13,15,17H,4,6,8-11H2,1-2H3. The normalized spacial score (nSPS) is 30.8. The number of carbonyl (C=O) groups excluding carboxylic acids is 1. The lowest BCUT2D eigenvalue weighted by molar-refractivity contribution is -0.144. The van der Waals surface area contributed by atoms with E-state index in [2.05, 4.69) is 16.0 Å². The Morgan fingerprint density at radius 3 is 2.81 bits per heavy atom. The van der Waals surface area contributed by atoms with Crippen LogP contribution < -0.4 is 0 Å². The number of nitrogens with zero attached hydrogens (tertiary/aromatic N) is 2. The molecule has 1 amide bonds. The molecule has 0 saturated carbocycles. The van der Waals surface area contributed by atoms with Gasteiger partial charge in [-0.1, -0.05) is 0 Å². The number of hydrogen-bond donors (Lipinski definition) is 1. The number of likely N-dealkylation sites (tertiary alicyclic amines) is 1. The second-order valence-electron chi connectivity index (χ2n) is 6.31. The molecule has 1 N–H and O–H groups in total. The van der Waals surface area contributed by atoms with Crippen LogP contribution in [-0.4, -0.2) is 59.1 Å². The van der Waals surface area contributed by atoms with Crippen LogP contribution in [0.1, 0.15) is 38.4 Å². The molecule has 3 rings (SSSR count). The third kappa shape index (κ3) is 3.30. The summed E-state index contributed by atoms with van der Waals surface area (Å²) in [4.78, 5) is 20.1. The van der Waals surface area contributed by atoms with Gasteiger partial charge < -0.3 is 14.6 Å². The van der Waals surface area contributed by atoms with Crippen LogP contribution >= 0.6 is 0 Å². The van der Waals surface area contributed by atoms with Crippen molar-refractivity contribution in [3.8, 4) is 0 Å². The van der Waals surface area contributed by atoms with Gasteiger partial charge in [0.05, 0.1) is 24.8 Å². The molecule has 0 aliphatic carbocycles. The van der Waals surface area contributed by atoms with Gasteiger partial charge in [0.25, 0.3) is 0 Å². The minimum Gasteiger partial charge on any atom is -0.372 e. The van der Waals surface area contributed by atoms with Gasteiger partial charge in [0, 0.05) is 25.0 Å². The molecule has 116 valence electrons. The van der Waals surface area contributed by atoms with E-state index in [1.165, 1.54) is 5.69 Å². The summed E-state index contributed by atoms with van der Waals surface area (Å²) >= 11 is 0. The van der Waals surface area contributed by atoms with Crippen molar-refractivity contribution in [3.05, 3.63) is 24.0 Å². The third-order valence-electron chi connectivity index (χ3n) is 4.46. The molecule has 2 fully saturated rings. The monoisotopic (exact) mass is 291 g/mol. The summed E-state index contributed by atoms with van der Waals surface area (Å²) in [7, 11) is 0. The molecule has 1 aromatic heterocycles. The van der Waals surface area contributed by atoms with E-state index in [0.717, 1.165) is 19.4 Å². The molecular weight excluding hydrogens is 266 g/mol. The van der Waals surface area contributed by atoms with Crippen molar-refractivity contribution in [1.82, 2.24) is 14.8 Å². The minimum absolute atomic E-state index is 0.135. The maximum Gasteiger partial charge on any atom is 0.236 e. The second-order valence-corrected chi connectivity index (χ2v) is 6.31. The Kier molecular flexibility index (Phi) is 4.31. The molecule has 3 atom stereocenters. The van der Waals surface area contributed by atoms with Gasteiger partial charge in [0.15, 0.2) is 0 Å². The van der Waals surface area contributed by atoms with Gasteiger partial charge in [-0.2, -0.15) is 0 Å². The highest BCUT2D eigenvalue weighted by molar-refractivity contribution is 5.78. The summed E-state index contributed by atoms with van der Waals surface area (Å²) in [6, 6.07) is 4.51. The predicted octanol–water partition coefficient (Wildman–Crippen LogP) is 1.79. The van der Waals surface area contributed by atoms with Crippen molar-refractivity contribution < 1.29 is 9.53 Å². The number of ether oxygens (including phenoxy) is 1. The van der Waals surface area contributed by atoms with Crippen molar-refractivity contribution in [1.29, 1.82) is 0 Å². The zero-order chi connectivity index (χ0) is 14.8. The molecule has 0 spiro atoms. The average molecular weight is 291 g/mol. The average Bonchev–Trinajstić information content (AvgIpc) is 3.07. The van der Waals surface area contributed by atoms with Crippen LogP contribution in [0.5, 0.6) is 0 Å². The van der Waals surface area contributed by atoms with Gasteiger partial charge >= 0.3 is 0 Å². The Morgan fingerprint density at radius 1 is 1.38 bits per heavy atom. The molecule has 2 aliphatic rings. The van der Waals surface area contributed by atoms with E-state index in [4.69, 9.17) is 4.74 Å². The number of rotatable bonds is 3. The molecule has 21 heavy (non-hydrogen) atoms. The quantitative estimate of drug-likeness (QED) is 0.923. The molecular formula is C16H25N3O2. The number of aromatic nitrogens is 1. The molecule has 5 heteroatoms. The molecule has 2 saturated heterocycles. The van der Waals surface area contributed by atoms with Crippen molar-refractivity contribution >= 4 is 5.91 Å². The Balaban J connectivity index is 1.61. The molecule has 0 aromatic carbocycles. The van der Waals surface area contributed by atoms with E-state index in [1.807, 2.05) is 31.0 Å². The molecule has 0 bridgehead atoms. The van der Waals surface area contributed by atoms with Crippen LogP contribution in [0.2, 0.25) is 0 Å². The number of nitrogens with one attached hydrogen (secondary N) is 1. The van der Waals surface area contributed by atoms with E-state index in [0.29, 0.717) is 25.7 Å². The summed E-state index contributed by atoms with van der Waals surface area (Å²) in [6.45, 7) is 7.02. The fraction of sp³-hybridized carbons (Fsp3) is 0.688. The summed E-state index contributed by atoms with van der Waals surface area (Å²) in [5.41, 5.74) is 1.23.